The summed E-state index contributed by atoms with van der Waals surface area (Å²) < 4.78 is 18.1. The van der Waals surface area contributed by atoms with Gasteiger partial charge in [-0.1, -0.05) is 11.2 Å². The zero-order valence-electron chi connectivity index (χ0n) is 17.9. The highest BCUT2D eigenvalue weighted by atomic mass is 16.5. The van der Waals surface area contributed by atoms with E-state index >= 15 is 0 Å². The topological polar surface area (TPSA) is 126 Å². The molecule has 0 aliphatic heterocycles. The number of aromatic nitrogens is 5. The number of carbonyl (C=O) groups is 1. The predicted molar refractivity (Wildman–Crippen MR) is 114 cm³/mol. The minimum absolute atomic E-state index is 0.193. The standard InChI is InChI=1S/C21H22N6O5/c1-13-23-20(32-25-13)15-7-9-26-18(11-15)24-27(21(26)29)12-19(28)22-8-6-14-4-5-16(30-2)17(10-14)31-3/h4-5,7,9-11H,6,8,12H2,1-3H3,(H,22,28). The summed E-state index contributed by atoms with van der Waals surface area (Å²) in [5.41, 5.74) is 1.58. The summed E-state index contributed by atoms with van der Waals surface area (Å²) >= 11 is 0. The maximum absolute atomic E-state index is 12.5. The van der Waals surface area contributed by atoms with E-state index in [0.717, 1.165) is 10.2 Å². The maximum Gasteiger partial charge on any atom is 0.350 e. The fourth-order valence-corrected chi connectivity index (χ4v) is 3.24. The smallest absolute Gasteiger partial charge is 0.350 e. The predicted octanol–water partition coefficient (Wildman–Crippen LogP) is 1.23. The third kappa shape index (κ3) is 4.31. The van der Waals surface area contributed by atoms with Gasteiger partial charge in [-0.25, -0.2) is 9.48 Å². The van der Waals surface area contributed by atoms with Crippen molar-refractivity contribution < 1.29 is 18.8 Å². The Hall–Kier alpha value is -4.15. The first kappa shape index (κ1) is 21.1. The summed E-state index contributed by atoms with van der Waals surface area (Å²) in [5.74, 6) is 1.79. The first-order valence-corrected chi connectivity index (χ1v) is 9.86. The van der Waals surface area contributed by atoms with Crippen LogP contribution in [0.15, 0.2) is 45.8 Å². The lowest BCUT2D eigenvalue weighted by Gasteiger charge is -2.10. The molecule has 0 saturated heterocycles. The normalized spacial score (nSPS) is 11.0. The van der Waals surface area contributed by atoms with E-state index in [0.29, 0.717) is 47.4 Å². The van der Waals surface area contributed by atoms with E-state index in [2.05, 4.69) is 20.6 Å². The van der Waals surface area contributed by atoms with Crippen molar-refractivity contribution in [3.63, 3.8) is 0 Å². The molecular weight excluding hydrogens is 416 g/mol. The van der Waals surface area contributed by atoms with Crippen molar-refractivity contribution in [3.8, 4) is 23.0 Å². The molecule has 3 aromatic heterocycles. The van der Waals surface area contributed by atoms with Crippen molar-refractivity contribution in [2.75, 3.05) is 20.8 Å². The Kier molecular flexibility index (Phi) is 5.88. The number of carbonyl (C=O) groups excluding carboxylic acids is 1. The first-order valence-electron chi connectivity index (χ1n) is 9.86. The van der Waals surface area contributed by atoms with Crippen LogP contribution in [0.25, 0.3) is 17.1 Å². The lowest BCUT2D eigenvalue weighted by molar-refractivity contribution is -0.121. The van der Waals surface area contributed by atoms with Crippen LogP contribution in [0.3, 0.4) is 0 Å². The summed E-state index contributed by atoms with van der Waals surface area (Å²) in [7, 11) is 3.15. The largest absolute Gasteiger partial charge is 0.493 e. The Morgan fingerprint density at radius 3 is 2.69 bits per heavy atom. The number of nitrogens with zero attached hydrogens (tertiary/aromatic N) is 5. The molecule has 0 bridgehead atoms. The molecule has 0 radical (unpaired) electrons. The molecule has 0 aliphatic rings. The third-order valence-corrected chi connectivity index (χ3v) is 4.84. The van der Waals surface area contributed by atoms with Crippen molar-refractivity contribution in [3.05, 3.63) is 58.4 Å². The monoisotopic (exact) mass is 438 g/mol. The van der Waals surface area contributed by atoms with Gasteiger partial charge in [0.1, 0.15) is 6.54 Å². The number of hydrogen-bond donors (Lipinski definition) is 1. The van der Waals surface area contributed by atoms with E-state index in [1.165, 1.54) is 4.40 Å². The Morgan fingerprint density at radius 2 is 1.97 bits per heavy atom. The van der Waals surface area contributed by atoms with Crippen molar-refractivity contribution in [2.45, 2.75) is 19.9 Å². The van der Waals surface area contributed by atoms with Crippen molar-refractivity contribution >= 4 is 11.6 Å². The zero-order chi connectivity index (χ0) is 22.7. The van der Waals surface area contributed by atoms with Gasteiger partial charge in [0.15, 0.2) is 23.0 Å². The number of fused-ring (bicyclic) bond motifs is 1. The minimum Gasteiger partial charge on any atom is -0.493 e. The molecule has 4 aromatic rings. The Labute approximate surface area is 182 Å². The van der Waals surface area contributed by atoms with Gasteiger partial charge in [0, 0.05) is 18.3 Å². The Bertz CT molecular complexity index is 1320. The first-order chi connectivity index (χ1) is 15.5. The number of methoxy groups -OCH3 is 2. The molecule has 0 aliphatic carbocycles. The van der Waals surface area contributed by atoms with Crippen LogP contribution in [0.1, 0.15) is 11.4 Å². The molecule has 0 atom stereocenters. The van der Waals surface area contributed by atoms with Gasteiger partial charge >= 0.3 is 5.69 Å². The van der Waals surface area contributed by atoms with Gasteiger partial charge in [-0.2, -0.15) is 4.98 Å². The van der Waals surface area contributed by atoms with Gasteiger partial charge in [0.2, 0.25) is 5.91 Å². The van der Waals surface area contributed by atoms with Crippen LogP contribution in [-0.2, 0) is 17.8 Å². The molecule has 11 nitrogen and oxygen atoms in total. The summed E-state index contributed by atoms with van der Waals surface area (Å²) in [6, 6.07) is 8.91. The molecule has 166 valence electrons. The van der Waals surface area contributed by atoms with Crippen LogP contribution < -0.4 is 20.5 Å². The fraction of sp³-hybridized carbons (Fsp3) is 0.286. The van der Waals surface area contributed by atoms with E-state index in [-0.39, 0.29) is 12.5 Å². The third-order valence-electron chi connectivity index (χ3n) is 4.84. The average molecular weight is 438 g/mol. The Morgan fingerprint density at radius 1 is 1.16 bits per heavy atom. The molecule has 3 heterocycles. The van der Waals surface area contributed by atoms with Crippen LogP contribution in [0.2, 0.25) is 0 Å². The highest BCUT2D eigenvalue weighted by Gasteiger charge is 2.14. The van der Waals surface area contributed by atoms with Crippen LogP contribution in [-0.4, -0.2) is 51.0 Å². The van der Waals surface area contributed by atoms with E-state index < -0.39 is 5.69 Å². The van der Waals surface area contributed by atoms with Crippen LogP contribution >= 0.6 is 0 Å². The molecule has 0 fully saturated rings. The molecule has 11 heteroatoms. The average Bonchev–Trinajstić information content (AvgIpc) is 3.36. The number of ether oxygens (including phenoxy) is 2. The van der Waals surface area contributed by atoms with Gasteiger partial charge in [0.25, 0.3) is 5.89 Å². The van der Waals surface area contributed by atoms with Crippen molar-refractivity contribution in [2.24, 2.45) is 0 Å². The number of benzene rings is 1. The van der Waals surface area contributed by atoms with E-state index in [4.69, 9.17) is 14.0 Å². The van der Waals surface area contributed by atoms with Gasteiger partial charge in [-0.05, 0) is 43.2 Å². The second kappa shape index (κ2) is 8.92. The molecule has 0 unspecified atom stereocenters. The molecule has 32 heavy (non-hydrogen) atoms. The molecule has 0 saturated carbocycles. The summed E-state index contributed by atoms with van der Waals surface area (Å²) in [6.07, 6.45) is 2.16. The van der Waals surface area contributed by atoms with E-state index in [9.17, 15) is 9.59 Å². The maximum atomic E-state index is 12.5. The fourth-order valence-electron chi connectivity index (χ4n) is 3.24. The van der Waals surface area contributed by atoms with Crippen LogP contribution in [0.5, 0.6) is 11.5 Å². The van der Waals surface area contributed by atoms with Crippen molar-refractivity contribution in [1.82, 2.24) is 29.6 Å². The molecule has 1 N–H and O–H groups in total. The lowest BCUT2D eigenvalue weighted by Crippen LogP contribution is -2.33. The van der Waals surface area contributed by atoms with Gasteiger partial charge in [0.05, 0.1) is 14.2 Å². The van der Waals surface area contributed by atoms with Crippen LogP contribution in [0.4, 0.5) is 0 Å². The number of nitrogens with one attached hydrogen (secondary N) is 1. The molecular formula is C21H22N6O5. The molecule has 0 spiro atoms. The van der Waals surface area contributed by atoms with Gasteiger partial charge in [-0.15, -0.1) is 5.10 Å². The molecule has 1 amide bonds. The van der Waals surface area contributed by atoms with Gasteiger partial charge in [-0.3, -0.25) is 9.20 Å². The lowest BCUT2D eigenvalue weighted by atomic mass is 10.1. The summed E-state index contributed by atoms with van der Waals surface area (Å²) in [6.45, 7) is 1.92. The summed E-state index contributed by atoms with van der Waals surface area (Å²) in [5, 5.41) is 10.8. The Balaban J connectivity index is 1.40. The number of hydrogen-bond acceptors (Lipinski definition) is 8. The molecule has 1 aromatic carbocycles. The second-order valence-corrected chi connectivity index (χ2v) is 7.02. The number of pyridine rings is 1. The highest BCUT2D eigenvalue weighted by molar-refractivity contribution is 5.75. The highest BCUT2D eigenvalue weighted by Crippen LogP contribution is 2.27. The van der Waals surface area contributed by atoms with E-state index in [1.54, 1.807) is 39.5 Å². The van der Waals surface area contributed by atoms with Gasteiger partial charge < -0.3 is 19.3 Å². The zero-order valence-corrected chi connectivity index (χ0v) is 17.9. The second-order valence-electron chi connectivity index (χ2n) is 7.02. The number of aryl methyl sites for hydroxylation is 1. The molecule has 4 rings (SSSR count). The van der Waals surface area contributed by atoms with Crippen LogP contribution in [0, 0.1) is 6.92 Å². The number of amides is 1. The SMILES string of the molecule is COc1ccc(CCNC(=O)Cn2nc3cc(-c4nc(C)no4)ccn3c2=O)cc1OC. The number of rotatable bonds is 8. The minimum atomic E-state index is -0.414. The summed E-state index contributed by atoms with van der Waals surface area (Å²) in [4.78, 5) is 29.1. The van der Waals surface area contributed by atoms with E-state index in [1.807, 2.05) is 18.2 Å². The van der Waals surface area contributed by atoms with Crippen molar-refractivity contribution in [1.29, 1.82) is 0 Å². The quantitative estimate of drug-likeness (QED) is 0.435.